The highest BCUT2D eigenvalue weighted by molar-refractivity contribution is 6.15. The lowest BCUT2D eigenvalue weighted by Gasteiger charge is -2.28. The summed E-state index contributed by atoms with van der Waals surface area (Å²) in [6, 6.07) is 31.2. The lowest BCUT2D eigenvalue weighted by Crippen LogP contribution is -2.11. The molecule has 0 heterocycles. The Kier molecular flexibility index (Phi) is 8.49. The molecule has 5 aromatic rings. The van der Waals surface area contributed by atoms with E-state index in [-0.39, 0.29) is 13.2 Å². The average Bonchev–Trinajstić information content (AvgIpc) is 3.03. The van der Waals surface area contributed by atoms with Crippen molar-refractivity contribution in [3.8, 4) is 0 Å². The van der Waals surface area contributed by atoms with Crippen LogP contribution in [0.15, 0.2) is 116 Å². The van der Waals surface area contributed by atoms with Crippen LogP contribution in [0.25, 0.3) is 21.5 Å². The Morgan fingerprint density at radius 2 is 1.29 bits per heavy atom. The number of fused-ring (bicyclic) bond motifs is 3. The highest BCUT2D eigenvalue weighted by Crippen LogP contribution is 2.42. The lowest BCUT2D eigenvalue weighted by atomic mass is 9.92. The summed E-state index contributed by atoms with van der Waals surface area (Å²) in [5.74, 6) is -0.908. The molecule has 0 spiro atoms. The van der Waals surface area contributed by atoms with Crippen molar-refractivity contribution >= 4 is 50.5 Å². The Hall–Kier alpha value is -5.16. The first-order valence-electron chi connectivity index (χ1n) is 13.9. The quantitative estimate of drug-likeness (QED) is 0.0979. The van der Waals surface area contributed by atoms with Crippen LogP contribution >= 0.6 is 0 Å². The molecule has 0 amide bonds. The van der Waals surface area contributed by atoms with Gasteiger partial charge in [-0.05, 0) is 82.1 Å². The Balaban J connectivity index is 1.65. The molecule has 0 aliphatic carbocycles. The summed E-state index contributed by atoms with van der Waals surface area (Å²) < 4.78 is 10.5. The van der Waals surface area contributed by atoms with Gasteiger partial charge in [-0.25, -0.2) is 9.59 Å². The van der Waals surface area contributed by atoms with E-state index in [1.165, 1.54) is 27.3 Å². The molecule has 5 heteroatoms. The number of ether oxygens (including phenoxy) is 2. The molecule has 0 radical (unpaired) electrons. The summed E-state index contributed by atoms with van der Waals surface area (Å²) in [5, 5.41) is 4.91. The van der Waals surface area contributed by atoms with Gasteiger partial charge in [0.1, 0.15) is 13.2 Å². The molecule has 42 heavy (non-hydrogen) atoms. The minimum Gasteiger partial charge on any atom is -0.458 e. The molecule has 5 aromatic carbocycles. The Morgan fingerprint density at radius 3 is 1.81 bits per heavy atom. The van der Waals surface area contributed by atoms with Crippen molar-refractivity contribution in [1.29, 1.82) is 0 Å². The van der Waals surface area contributed by atoms with Gasteiger partial charge in [-0.2, -0.15) is 0 Å². The summed E-state index contributed by atoms with van der Waals surface area (Å²) in [7, 11) is 0. The van der Waals surface area contributed by atoms with Crippen molar-refractivity contribution in [2.45, 2.75) is 33.5 Å². The van der Waals surface area contributed by atoms with Gasteiger partial charge in [-0.3, -0.25) is 0 Å². The van der Waals surface area contributed by atoms with Gasteiger partial charge >= 0.3 is 11.9 Å². The standard InChI is InChI=1S/C37H33NO4/c1-5-28-16-22-33(32-21-15-29-10-8-9-25(4)36(29)37(28)32)38(30-17-11-26(12-18-30)23-41-34(39)6-2)31-19-13-27(14-20-31)24-42-35(40)7-3/h6-22H,2-3,5,23-24H2,1,4H3. The van der Waals surface area contributed by atoms with Crippen LogP contribution in [0.4, 0.5) is 17.1 Å². The summed E-state index contributed by atoms with van der Waals surface area (Å²) >= 11 is 0. The number of hydrogen-bond donors (Lipinski definition) is 0. The zero-order valence-corrected chi connectivity index (χ0v) is 23.9. The second-order valence-corrected chi connectivity index (χ2v) is 10.1. The van der Waals surface area contributed by atoms with Crippen LogP contribution in [-0.2, 0) is 38.7 Å². The predicted molar refractivity (Wildman–Crippen MR) is 170 cm³/mol. The third-order valence-electron chi connectivity index (χ3n) is 7.40. The van der Waals surface area contributed by atoms with E-state index < -0.39 is 11.9 Å². The summed E-state index contributed by atoms with van der Waals surface area (Å²) in [6.45, 7) is 11.6. The molecule has 0 N–H and O–H groups in total. The third-order valence-corrected chi connectivity index (χ3v) is 7.40. The molecular formula is C37H33NO4. The highest BCUT2D eigenvalue weighted by Gasteiger charge is 2.19. The maximum atomic E-state index is 11.6. The first-order chi connectivity index (χ1) is 20.4. The highest BCUT2D eigenvalue weighted by atomic mass is 16.5. The Labute approximate surface area is 246 Å². The van der Waals surface area contributed by atoms with E-state index >= 15 is 0 Å². The van der Waals surface area contributed by atoms with E-state index in [9.17, 15) is 9.59 Å². The molecule has 0 saturated carbocycles. The van der Waals surface area contributed by atoms with Crippen LogP contribution < -0.4 is 4.90 Å². The van der Waals surface area contributed by atoms with Crippen molar-refractivity contribution in [3.63, 3.8) is 0 Å². The van der Waals surface area contributed by atoms with Gasteiger partial charge in [-0.1, -0.05) is 80.7 Å². The third kappa shape index (κ3) is 5.81. The molecule has 0 aliphatic rings. The second-order valence-electron chi connectivity index (χ2n) is 10.1. The fraction of sp³-hybridized carbons (Fsp3) is 0.135. The lowest BCUT2D eigenvalue weighted by molar-refractivity contribution is -0.139. The Bertz CT molecular complexity index is 1720. The number of carbonyl (C=O) groups is 2. The molecule has 0 saturated heterocycles. The maximum Gasteiger partial charge on any atom is 0.330 e. The van der Waals surface area contributed by atoms with Gasteiger partial charge in [0.15, 0.2) is 0 Å². The number of aryl methyl sites for hydroxylation is 2. The van der Waals surface area contributed by atoms with E-state index in [1.54, 1.807) is 0 Å². The summed E-state index contributed by atoms with van der Waals surface area (Å²) in [5.41, 5.74) is 7.25. The van der Waals surface area contributed by atoms with Gasteiger partial charge in [0.2, 0.25) is 0 Å². The number of rotatable bonds is 10. The SMILES string of the molecule is C=CC(=O)OCc1ccc(N(c2ccc(COC(=O)C=C)cc2)c2ccc(CC)c3c2ccc2cccc(C)c23)cc1. The van der Waals surface area contributed by atoms with E-state index in [0.29, 0.717) is 0 Å². The molecule has 0 aromatic heterocycles. The molecular weight excluding hydrogens is 522 g/mol. The number of nitrogens with zero attached hydrogens (tertiary/aromatic N) is 1. The maximum absolute atomic E-state index is 11.6. The topological polar surface area (TPSA) is 55.8 Å². The van der Waals surface area contributed by atoms with Gasteiger partial charge in [0.25, 0.3) is 0 Å². The van der Waals surface area contributed by atoms with Crippen LogP contribution in [0.2, 0.25) is 0 Å². The first-order valence-corrected chi connectivity index (χ1v) is 13.9. The molecule has 0 bridgehead atoms. The fourth-order valence-electron chi connectivity index (χ4n) is 5.29. The smallest absolute Gasteiger partial charge is 0.330 e. The number of hydrogen-bond acceptors (Lipinski definition) is 5. The van der Waals surface area contributed by atoms with E-state index in [4.69, 9.17) is 9.47 Å². The monoisotopic (exact) mass is 555 g/mol. The number of anilines is 3. The van der Waals surface area contributed by atoms with Crippen molar-refractivity contribution in [3.05, 3.63) is 139 Å². The van der Waals surface area contributed by atoms with Crippen LogP contribution in [0.1, 0.15) is 29.2 Å². The van der Waals surface area contributed by atoms with Crippen LogP contribution in [0.5, 0.6) is 0 Å². The number of carbonyl (C=O) groups excluding carboxylic acids is 2. The minimum absolute atomic E-state index is 0.169. The minimum atomic E-state index is -0.454. The number of benzene rings is 5. The molecule has 0 unspecified atom stereocenters. The van der Waals surface area contributed by atoms with Crippen LogP contribution in [0.3, 0.4) is 0 Å². The van der Waals surface area contributed by atoms with Gasteiger partial charge in [0.05, 0.1) is 5.69 Å². The van der Waals surface area contributed by atoms with Gasteiger partial charge in [0, 0.05) is 28.9 Å². The molecule has 0 atom stereocenters. The average molecular weight is 556 g/mol. The molecule has 5 nitrogen and oxygen atoms in total. The molecule has 5 rings (SSSR count). The molecule has 0 fully saturated rings. The van der Waals surface area contributed by atoms with E-state index in [0.717, 1.165) is 52.1 Å². The summed E-state index contributed by atoms with van der Waals surface area (Å²) in [6.07, 6.45) is 3.24. The summed E-state index contributed by atoms with van der Waals surface area (Å²) in [4.78, 5) is 25.4. The zero-order valence-electron chi connectivity index (χ0n) is 23.9. The van der Waals surface area contributed by atoms with Crippen molar-refractivity contribution in [2.24, 2.45) is 0 Å². The van der Waals surface area contributed by atoms with E-state index in [2.05, 4.69) is 74.4 Å². The van der Waals surface area contributed by atoms with E-state index in [1.807, 2.05) is 48.5 Å². The van der Waals surface area contributed by atoms with Gasteiger partial charge in [-0.15, -0.1) is 0 Å². The second kappa shape index (κ2) is 12.6. The zero-order chi connectivity index (χ0) is 29.6. The van der Waals surface area contributed by atoms with Crippen LogP contribution in [0, 0.1) is 6.92 Å². The molecule has 210 valence electrons. The Morgan fingerprint density at radius 1 is 0.714 bits per heavy atom. The van der Waals surface area contributed by atoms with Crippen molar-refractivity contribution < 1.29 is 19.1 Å². The first kappa shape index (κ1) is 28.4. The molecule has 0 aliphatic heterocycles. The fourth-order valence-corrected chi connectivity index (χ4v) is 5.29. The normalized spacial score (nSPS) is 10.8. The largest absolute Gasteiger partial charge is 0.458 e. The number of esters is 2. The van der Waals surface area contributed by atoms with Crippen molar-refractivity contribution in [2.75, 3.05) is 4.90 Å². The van der Waals surface area contributed by atoms with Gasteiger partial charge < -0.3 is 14.4 Å². The predicted octanol–water partition coefficient (Wildman–Crippen LogP) is 8.79. The van der Waals surface area contributed by atoms with Crippen molar-refractivity contribution in [1.82, 2.24) is 0 Å². The van der Waals surface area contributed by atoms with Crippen LogP contribution in [-0.4, -0.2) is 11.9 Å².